The Hall–Kier alpha value is -3.35. The fraction of sp³-hybridized carbons (Fsp3) is 0.150. The summed E-state index contributed by atoms with van der Waals surface area (Å²) in [6, 6.07) is 10.7. The van der Waals surface area contributed by atoms with Crippen molar-refractivity contribution in [2.75, 3.05) is 10.6 Å². The molecule has 138 valence electrons. The maximum atomic E-state index is 13.7. The van der Waals surface area contributed by atoms with E-state index >= 15 is 0 Å². The van der Waals surface area contributed by atoms with Crippen LogP contribution in [0.3, 0.4) is 0 Å². The monoisotopic (exact) mass is 368 g/mol. The van der Waals surface area contributed by atoms with E-state index in [-0.39, 0.29) is 29.0 Å². The van der Waals surface area contributed by atoms with Gasteiger partial charge in [0.1, 0.15) is 11.6 Å². The first-order valence-electron chi connectivity index (χ1n) is 8.38. The number of hydrogen-bond donors (Lipinski definition) is 2. The average Bonchev–Trinajstić information content (AvgIpc) is 2.65. The Morgan fingerprint density at radius 1 is 1.00 bits per heavy atom. The highest BCUT2D eigenvalue weighted by Gasteiger charge is 2.12. The summed E-state index contributed by atoms with van der Waals surface area (Å²) in [5.41, 5.74) is 2.06. The molecule has 0 saturated carbocycles. The Kier molecular flexibility index (Phi) is 5.40. The van der Waals surface area contributed by atoms with Crippen molar-refractivity contribution in [3.63, 3.8) is 0 Å². The molecule has 7 heteroatoms. The molecule has 5 nitrogen and oxygen atoms in total. The molecule has 0 saturated heterocycles. The number of amides is 1. The van der Waals surface area contributed by atoms with Gasteiger partial charge in [-0.2, -0.15) is 0 Å². The number of hydrogen-bond acceptors (Lipinski definition) is 4. The van der Waals surface area contributed by atoms with Gasteiger partial charge in [0, 0.05) is 24.1 Å². The second-order valence-corrected chi connectivity index (χ2v) is 6.24. The third-order valence-corrected chi connectivity index (χ3v) is 3.92. The number of rotatable bonds is 5. The van der Waals surface area contributed by atoms with Gasteiger partial charge >= 0.3 is 0 Å². The van der Waals surface area contributed by atoms with Gasteiger partial charge in [0.2, 0.25) is 5.95 Å². The van der Waals surface area contributed by atoms with Crippen LogP contribution in [0.25, 0.3) is 0 Å². The summed E-state index contributed by atoms with van der Waals surface area (Å²) in [4.78, 5) is 20.5. The van der Waals surface area contributed by atoms with E-state index in [1.807, 2.05) is 38.1 Å². The molecule has 0 spiro atoms. The molecule has 3 aromatic rings. The van der Waals surface area contributed by atoms with Crippen molar-refractivity contribution in [2.45, 2.75) is 19.8 Å². The highest BCUT2D eigenvalue weighted by atomic mass is 19.1. The fourth-order valence-electron chi connectivity index (χ4n) is 2.53. The van der Waals surface area contributed by atoms with Crippen LogP contribution >= 0.6 is 0 Å². The minimum absolute atomic E-state index is 0.0412. The molecular formula is C20H18F2N4O. The molecule has 0 bridgehead atoms. The highest BCUT2D eigenvalue weighted by molar-refractivity contribution is 6.04. The van der Waals surface area contributed by atoms with E-state index in [1.54, 1.807) is 0 Å². The minimum Gasteiger partial charge on any atom is -0.322 e. The average molecular weight is 368 g/mol. The zero-order valence-electron chi connectivity index (χ0n) is 14.8. The Morgan fingerprint density at radius 3 is 2.37 bits per heavy atom. The Bertz CT molecular complexity index is 958. The van der Waals surface area contributed by atoms with Crippen molar-refractivity contribution in [3.05, 3.63) is 77.6 Å². The van der Waals surface area contributed by atoms with Crippen LogP contribution in [0.15, 0.2) is 54.9 Å². The van der Waals surface area contributed by atoms with Crippen molar-refractivity contribution in [1.82, 2.24) is 9.97 Å². The summed E-state index contributed by atoms with van der Waals surface area (Å²) in [6.07, 6.45) is 2.67. The molecule has 0 aliphatic heterocycles. The van der Waals surface area contributed by atoms with Gasteiger partial charge in [-0.1, -0.05) is 32.0 Å². The molecule has 0 aliphatic carbocycles. The molecule has 1 heterocycles. The van der Waals surface area contributed by atoms with Crippen molar-refractivity contribution in [3.8, 4) is 0 Å². The van der Waals surface area contributed by atoms with Gasteiger partial charge < -0.3 is 10.6 Å². The number of nitrogens with one attached hydrogen (secondary N) is 2. The van der Waals surface area contributed by atoms with Crippen LogP contribution in [0.1, 0.15) is 35.7 Å². The van der Waals surface area contributed by atoms with E-state index in [0.717, 1.165) is 23.4 Å². The lowest BCUT2D eigenvalue weighted by atomic mass is 10.0. The summed E-state index contributed by atoms with van der Waals surface area (Å²) in [5, 5.41) is 5.50. The number of carbonyl (C=O) groups is 1. The van der Waals surface area contributed by atoms with E-state index in [0.29, 0.717) is 0 Å². The van der Waals surface area contributed by atoms with E-state index in [2.05, 4.69) is 20.6 Å². The summed E-state index contributed by atoms with van der Waals surface area (Å²) in [5.74, 6) is -1.42. The Morgan fingerprint density at radius 2 is 1.70 bits per heavy atom. The highest BCUT2D eigenvalue weighted by Crippen LogP contribution is 2.24. The molecular weight excluding hydrogens is 350 g/mol. The number of nitrogens with zero attached hydrogens (tertiary/aromatic N) is 2. The van der Waals surface area contributed by atoms with Crippen LogP contribution in [-0.4, -0.2) is 15.9 Å². The smallest absolute Gasteiger partial charge is 0.258 e. The van der Waals surface area contributed by atoms with Crippen molar-refractivity contribution >= 4 is 23.2 Å². The Labute approximate surface area is 155 Å². The molecule has 0 atom stereocenters. The van der Waals surface area contributed by atoms with E-state index in [4.69, 9.17) is 0 Å². The first kappa shape index (κ1) is 18.4. The van der Waals surface area contributed by atoms with Gasteiger partial charge in [0.25, 0.3) is 5.91 Å². The summed E-state index contributed by atoms with van der Waals surface area (Å²) in [6.45, 7) is 4.09. The molecule has 0 aliphatic rings. The van der Waals surface area contributed by atoms with Gasteiger partial charge in [-0.05, 0) is 29.7 Å². The number of para-hydroxylation sites is 1. The van der Waals surface area contributed by atoms with Crippen LogP contribution in [0.4, 0.5) is 26.1 Å². The first-order chi connectivity index (χ1) is 12.9. The molecule has 27 heavy (non-hydrogen) atoms. The number of halogens is 2. The predicted molar refractivity (Wildman–Crippen MR) is 100 cm³/mol. The van der Waals surface area contributed by atoms with Crippen LogP contribution in [0, 0.1) is 11.6 Å². The molecule has 2 aromatic carbocycles. The standard InChI is InChI=1S/C20H18F2N4O/c1-12(2)15-5-3-4-6-17(15)25-19(27)13-10-23-20(24-11-13)26-18-8-7-14(21)9-16(18)22/h3-12H,1-2H3,(H,25,27)(H,23,24,26). The third-order valence-electron chi connectivity index (χ3n) is 3.92. The van der Waals surface area contributed by atoms with Crippen LogP contribution in [0.2, 0.25) is 0 Å². The van der Waals surface area contributed by atoms with Crippen LogP contribution in [-0.2, 0) is 0 Å². The molecule has 2 N–H and O–H groups in total. The van der Waals surface area contributed by atoms with Crippen molar-refractivity contribution in [2.24, 2.45) is 0 Å². The maximum Gasteiger partial charge on any atom is 0.258 e. The maximum absolute atomic E-state index is 13.7. The normalized spacial score (nSPS) is 10.7. The largest absolute Gasteiger partial charge is 0.322 e. The van der Waals surface area contributed by atoms with E-state index in [1.165, 1.54) is 18.5 Å². The molecule has 0 unspecified atom stereocenters. The number of anilines is 3. The molecule has 3 rings (SSSR count). The first-order valence-corrected chi connectivity index (χ1v) is 8.38. The van der Waals surface area contributed by atoms with Gasteiger partial charge in [-0.15, -0.1) is 0 Å². The van der Waals surface area contributed by atoms with E-state index in [9.17, 15) is 13.6 Å². The summed E-state index contributed by atoms with van der Waals surface area (Å²) >= 11 is 0. The lowest BCUT2D eigenvalue weighted by Crippen LogP contribution is -2.14. The molecule has 0 radical (unpaired) electrons. The second kappa shape index (κ2) is 7.90. The molecule has 1 aromatic heterocycles. The lowest BCUT2D eigenvalue weighted by molar-refractivity contribution is 0.102. The van der Waals surface area contributed by atoms with Crippen molar-refractivity contribution in [1.29, 1.82) is 0 Å². The lowest BCUT2D eigenvalue weighted by Gasteiger charge is -2.13. The second-order valence-electron chi connectivity index (χ2n) is 6.24. The molecule has 0 fully saturated rings. The van der Waals surface area contributed by atoms with Crippen LogP contribution < -0.4 is 10.6 Å². The third kappa shape index (κ3) is 4.44. The number of aromatic nitrogens is 2. The minimum atomic E-state index is -0.759. The van der Waals surface area contributed by atoms with E-state index < -0.39 is 11.6 Å². The summed E-state index contributed by atoms with van der Waals surface area (Å²) in [7, 11) is 0. The van der Waals surface area contributed by atoms with Gasteiger partial charge in [-0.25, -0.2) is 18.7 Å². The van der Waals surface area contributed by atoms with Crippen LogP contribution in [0.5, 0.6) is 0 Å². The zero-order chi connectivity index (χ0) is 19.4. The van der Waals surface area contributed by atoms with Gasteiger partial charge in [0.05, 0.1) is 11.3 Å². The van der Waals surface area contributed by atoms with Gasteiger partial charge in [-0.3, -0.25) is 4.79 Å². The Balaban J connectivity index is 1.72. The number of carbonyl (C=O) groups excluding carboxylic acids is 1. The zero-order valence-corrected chi connectivity index (χ0v) is 14.8. The fourth-order valence-corrected chi connectivity index (χ4v) is 2.53. The number of benzene rings is 2. The van der Waals surface area contributed by atoms with Crippen molar-refractivity contribution < 1.29 is 13.6 Å². The SMILES string of the molecule is CC(C)c1ccccc1NC(=O)c1cnc(Nc2ccc(F)cc2F)nc1. The topological polar surface area (TPSA) is 66.9 Å². The van der Waals surface area contributed by atoms with Gasteiger partial charge in [0.15, 0.2) is 0 Å². The predicted octanol–water partition coefficient (Wildman–Crippen LogP) is 4.87. The molecule has 1 amide bonds. The quantitative estimate of drug-likeness (QED) is 0.674. The summed E-state index contributed by atoms with van der Waals surface area (Å²) < 4.78 is 26.6.